The minimum atomic E-state index is -0.613. The van der Waals surface area contributed by atoms with Gasteiger partial charge in [0.15, 0.2) is 0 Å². The van der Waals surface area contributed by atoms with Gasteiger partial charge in [0.1, 0.15) is 16.9 Å². The number of phenols is 1. The normalized spacial score (nSPS) is 11.7. The highest BCUT2D eigenvalue weighted by molar-refractivity contribution is 5.95. The Hall–Kier alpha value is -3.86. The molecule has 0 bridgehead atoms. The number of phenolic OH excluding ortho intramolecular Hbond substituents is 1. The van der Waals surface area contributed by atoms with Crippen LogP contribution < -0.4 is 11.3 Å². The minimum Gasteiger partial charge on any atom is -0.508 e. The molecule has 1 amide bonds. The van der Waals surface area contributed by atoms with Gasteiger partial charge in [0.25, 0.3) is 5.91 Å². The van der Waals surface area contributed by atoms with Crippen molar-refractivity contribution in [2.75, 3.05) is 0 Å². The first-order valence-corrected chi connectivity index (χ1v) is 11.3. The van der Waals surface area contributed by atoms with E-state index in [0.29, 0.717) is 16.7 Å². The van der Waals surface area contributed by atoms with Crippen molar-refractivity contribution in [1.82, 2.24) is 0 Å². The molecule has 33 heavy (non-hydrogen) atoms. The number of benzene rings is 3. The van der Waals surface area contributed by atoms with Crippen LogP contribution in [0.15, 0.2) is 82.2 Å². The summed E-state index contributed by atoms with van der Waals surface area (Å²) in [6, 6.07) is 22.9. The van der Waals surface area contributed by atoms with Gasteiger partial charge in [-0.3, -0.25) is 4.79 Å². The number of unbranched alkanes of at least 4 members (excludes halogenated alkanes) is 3. The van der Waals surface area contributed by atoms with Gasteiger partial charge in [-0.15, -0.1) is 0 Å². The van der Waals surface area contributed by atoms with Gasteiger partial charge in [0, 0.05) is 11.5 Å². The number of hydrogen-bond donors (Lipinski definition) is 2. The number of rotatable bonds is 8. The molecule has 0 aliphatic carbocycles. The summed E-state index contributed by atoms with van der Waals surface area (Å²) in [5, 5.41) is 11.2. The average molecular weight is 441 g/mol. The zero-order chi connectivity index (χ0) is 23.2. The number of aryl methyl sites for hydroxylation is 1. The predicted octanol–water partition coefficient (Wildman–Crippen LogP) is 6.26. The molecule has 0 saturated heterocycles. The van der Waals surface area contributed by atoms with E-state index in [1.54, 1.807) is 12.1 Å². The quantitative estimate of drug-likeness (QED) is 0.317. The maximum Gasteiger partial charge on any atom is 0.254 e. The van der Waals surface area contributed by atoms with Gasteiger partial charge in [-0.25, -0.2) is 4.99 Å². The van der Waals surface area contributed by atoms with E-state index in [0.717, 1.165) is 42.4 Å². The molecule has 0 atom stereocenters. The van der Waals surface area contributed by atoms with Crippen LogP contribution in [0.4, 0.5) is 5.69 Å². The smallest absolute Gasteiger partial charge is 0.254 e. The lowest BCUT2D eigenvalue weighted by Crippen LogP contribution is -2.21. The highest BCUT2D eigenvalue weighted by atomic mass is 16.3. The van der Waals surface area contributed by atoms with Gasteiger partial charge in [-0.2, -0.15) is 0 Å². The SMILES string of the molecule is CCCCCCc1cc2cc(C(N)=O)c(=Nc3ccc(-c4ccccc4)cc3)oc2cc1O. The number of hydrogen-bond acceptors (Lipinski definition) is 4. The highest BCUT2D eigenvalue weighted by Crippen LogP contribution is 2.27. The van der Waals surface area contributed by atoms with Crippen molar-refractivity contribution in [3.05, 3.63) is 89.5 Å². The van der Waals surface area contributed by atoms with Crippen LogP contribution in [0, 0.1) is 0 Å². The summed E-state index contributed by atoms with van der Waals surface area (Å²) in [4.78, 5) is 16.7. The summed E-state index contributed by atoms with van der Waals surface area (Å²) in [5.74, 6) is -0.425. The Bertz CT molecular complexity index is 1320. The summed E-state index contributed by atoms with van der Waals surface area (Å²) in [5.41, 5.74) is 10.1. The summed E-state index contributed by atoms with van der Waals surface area (Å²) in [7, 11) is 0. The topological polar surface area (TPSA) is 88.8 Å². The molecule has 3 aromatic carbocycles. The third kappa shape index (κ3) is 5.32. The van der Waals surface area contributed by atoms with Gasteiger partial charge in [-0.1, -0.05) is 68.7 Å². The Balaban J connectivity index is 1.70. The number of carbonyl (C=O) groups excluding carboxylic acids is 1. The molecule has 0 aliphatic heterocycles. The van der Waals surface area contributed by atoms with Crippen molar-refractivity contribution in [1.29, 1.82) is 0 Å². The maximum atomic E-state index is 12.1. The molecule has 0 unspecified atom stereocenters. The summed E-state index contributed by atoms with van der Waals surface area (Å²) in [6.45, 7) is 2.17. The van der Waals surface area contributed by atoms with Gasteiger partial charge >= 0.3 is 0 Å². The van der Waals surface area contributed by atoms with Crippen molar-refractivity contribution in [3.8, 4) is 16.9 Å². The van der Waals surface area contributed by atoms with Crippen LogP contribution in [0.5, 0.6) is 5.75 Å². The van der Waals surface area contributed by atoms with Crippen LogP contribution in [-0.2, 0) is 6.42 Å². The van der Waals surface area contributed by atoms with E-state index >= 15 is 0 Å². The fourth-order valence-electron chi connectivity index (χ4n) is 3.89. The van der Waals surface area contributed by atoms with Crippen molar-refractivity contribution in [2.24, 2.45) is 10.7 Å². The number of fused-ring (bicyclic) bond motifs is 1. The first kappa shape index (κ1) is 22.3. The van der Waals surface area contributed by atoms with Gasteiger partial charge in [-0.05, 0) is 53.8 Å². The minimum absolute atomic E-state index is 0.123. The molecule has 5 nitrogen and oxygen atoms in total. The second-order valence-electron chi connectivity index (χ2n) is 8.18. The Morgan fingerprint density at radius 1 is 0.939 bits per heavy atom. The van der Waals surface area contributed by atoms with E-state index in [1.807, 2.05) is 60.7 Å². The molecule has 1 heterocycles. The van der Waals surface area contributed by atoms with Crippen LogP contribution in [0.2, 0.25) is 0 Å². The molecule has 3 N–H and O–H groups in total. The van der Waals surface area contributed by atoms with Crippen LogP contribution in [-0.4, -0.2) is 11.0 Å². The van der Waals surface area contributed by atoms with E-state index in [9.17, 15) is 9.90 Å². The van der Waals surface area contributed by atoms with Crippen LogP contribution in [0.3, 0.4) is 0 Å². The maximum absolute atomic E-state index is 12.1. The van der Waals surface area contributed by atoms with Crippen molar-refractivity contribution >= 4 is 22.6 Å². The van der Waals surface area contributed by atoms with Crippen molar-refractivity contribution < 1.29 is 14.3 Å². The molecule has 1 aromatic heterocycles. The molecule has 4 rings (SSSR count). The summed E-state index contributed by atoms with van der Waals surface area (Å²) < 4.78 is 5.92. The highest BCUT2D eigenvalue weighted by Gasteiger charge is 2.12. The number of aromatic hydroxyl groups is 1. The van der Waals surface area contributed by atoms with Crippen molar-refractivity contribution in [3.63, 3.8) is 0 Å². The standard InChI is InChI=1S/C28H28N2O3/c1-2-3-4-6-11-21-16-22-17-24(27(29)32)28(33-26(22)18-25(21)31)30-23-14-12-20(13-15-23)19-9-7-5-8-10-19/h5,7-10,12-18,31H,2-4,6,11H2,1H3,(H2,29,32). The van der Waals surface area contributed by atoms with Crippen LogP contribution >= 0.6 is 0 Å². The summed E-state index contributed by atoms with van der Waals surface area (Å²) in [6.07, 6.45) is 5.22. The molecular weight excluding hydrogens is 412 g/mol. The number of nitrogens with zero attached hydrogens (tertiary/aromatic N) is 1. The lowest BCUT2D eigenvalue weighted by molar-refractivity contribution is 0.0996. The lowest BCUT2D eigenvalue weighted by Gasteiger charge is -2.08. The number of carbonyl (C=O) groups is 1. The molecule has 0 fully saturated rings. The van der Waals surface area contributed by atoms with Crippen molar-refractivity contribution in [2.45, 2.75) is 39.0 Å². The summed E-state index contributed by atoms with van der Waals surface area (Å²) >= 11 is 0. The Morgan fingerprint density at radius 2 is 1.67 bits per heavy atom. The zero-order valence-electron chi connectivity index (χ0n) is 18.8. The molecule has 5 heteroatoms. The molecule has 4 aromatic rings. The largest absolute Gasteiger partial charge is 0.508 e. The molecular formula is C28H28N2O3. The molecule has 0 aliphatic rings. The van der Waals surface area contributed by atoms with Gasteiger partial charge < -0.3 is 15.3 Å². The van der Waals surface area contributed by atoms with E-state index in [4.69, 9.17) is 10.2 Å². The van der Waals surface area contributed by atoms with Crippen LogP contribution in [0.1, 0.15) is 48.5 Å². The van der Waals surface area contributed by atoms with E-state index in [2.05, 4.69) is 11.9 Å². The Labute approximate surface area is 193 Å². The number of primary amides is 1. The molecule has 0 radical (unpaired) electrons. The average Bonchev–Trinajstić information content (AvgIpc) is 2.83. The zero-order valence-corrected chi connectivity index (χ0v) is 18.8. The second-order valence-corrected chi connectivity index (χ2v) is 8.18. The first-order valence-electron chi connectivity index (χ1n) is 11.3. The fraction of sp³-hybridized carbons (Fsp3) is 0.214. The Morgan fingerprint density at radius 3 is 2.36 bits per heavy atom. The molecule has 0 saturated carbocycles. The van der Waals surface area contributed by atoms with Crippen LogP contribution in [0.25, 0.3) is 22.1 Å². The van der Waals surface area contributed by atoms with Gasteiger partial charge in [0.05, 0.1) is 5.69 Å². The number of amides is 1. The monoisotopic (exact) mass is 440 g/mol. The first-order chi connectivity index (χ1) is 16.0. The Kier molecular flexibility index (Phi) is 6.89. The van der Waals surface area contributed by atoms with Gasteiger partial charge in [0.2, 0.25) is 5.55 Å². The third-order valence-corrected chi connectivity index (χ3v) is 5.72. The number of nitrogens with two attached hydrogens (primary N) is 1. The second kappa shape index (κ2) is 10.2. The van der Waals surface area contributed by atoms with E-state index < -0.39 is 5.91 Å². The van der Waals surface area contributed by atoms with E-state index in [1.165, 1.54) is 6.42 Å². The molecule has 0 spiro atoms. The molecule has 168 valence electrons. The third-order valence-electron chi connectivity index (χ3n) is 5.72. The lowest BCUT2D eigenvalue weighted by atomic mass is 10.0. The predicted molar refractivity (Wildman–Crippen MR) is 131 cm³/mol. The fourth-order valence-corrected chi connectivity index (χ4v) is 3.89. The van der Waals surface area contributed by atoms with E-state index in [-0.39, 0.29) is 16.9 Å².